The Morgan fingerprint density at radius 3 is 2.29 bits per heavy atom. The van der Waals surface area contributed by atoms with E-state index in [4.69, 9.17) is 9.47 Å². The number of halogens is 2. The molecule has 3 amide bonds. The van der Waals surface area contributed by atoms with E-state index in [-0.39, 0.29) is 38.0 Å². The van der Waals surface area contributed by atoms with Crippen molar-refractivity contribution in [1.29, 1.82) is 0 Å². The van der Waals surface area contributed by atoms with Crippen LogP contribution in [-0.4, -0.2) is 44.3 Å². The number of aromatic nitrogens is 1. The van der Waals surface area contributed by atoms with E-state index in [1.807, 2.05) is 84.5 Å². The molecule has 0 aliphatic rings. The average Bonchev–Trinajstić information content (AvgIpc) is 2.98. The van der Waals surface area contributed by atoms with Crippen molar-refractivity contribution >= 4 is 39.7 Å². The van der Waals surface area contributed by atoms with Gasteiger partial charge in [0.1, 0.15) is 24.8 Å². The Labute approximate surface area is 262 Å². The first-order valence-electron chi connectivity index (χ1n) is 13.9. The summed E-state index contributed by atoms with van der Waals surface area (Å²) >= 11 is 3.50. The van der Waals surface area contributed by atoms with Crippen molar-refractivity contribution in [2.45, 2.75) is 45.8 Å². The third kappa shape index (κ3) is 11.3. The second kappa shape index (κ2) is 18.7. The van der Waals surface area contributed by atoms with Gasteiger partial charge < -0.3 is 37.4 Å². The molecule has 2 aromatic carbocycles. The predicted molar refractivity (Wildman–Crippen MR) is 161 cm³/mol. The number of para-hydroxylation sites is 1. The lowest BCUT2D eigenvalue weighted by Gasteiger charge is -2.23. The van der Waals surface area contributed by atoms with Crippen LogP contribution in [0.25, 0.3) is 0 Å². The first kappa shape index (κ1) is 34.6. The molecule has 3 rings (SSSR count). The van der Waals surface area contributed by atoms with E-state index in [1.165, 1.54) is 0 Å². The number of carbonyl (C=O) groups is 3. The van der Waals surface area contributed by atoms with Crippen LogP contribution < -0.4 is 32.5 Å². The van der Waals surface area contributed by atoms with Crippen LogP contribution in [0, 0.1) is 0 Å². The van der Waals surface area contributed by atoms with E-state index < -0.39 is 18.3 Å². The number of carbonyl (C=O) groups excluding carboxylic acids is 3. The number of unbranched alkanes of at least 4 members (excludes halogenated alkanes) is 1. The van der Waals surface area contributed by atoms with E-state index >= 15 is 0 Å². The Morgan fingerprint density at radius 1 is 0.929 bits per heavy atom. The number of ether oxygens (including phenoxy) is 2. The van der Waals surface area contributed by atoms with Crippen molar-refractivity contribution in [3.8, 4) is 0 Å². The molecule has 0 fully saturated rings. The van der Waals surface area contributed by atoms with Gasteiger partial charge in [0, 0.05) is 18.7 Å². The van der Waals surface area contributed by atoms with Crippen LogP contribution in [-0.2, 0) is 16.0 Å². The summed E-state index contributed by atoms with van der Waals surface area (Å²) < 4.78 is 13.8. The topological polar surface area (TPSA) is 101 Å². The fourth-order valence-electron chi connectivity index (χ4n) is 4.10. The maximum absolute atomic E-state index is 13.6. The number of nitrogens with one attached hydrogen (secondary N) is 2. The molecule has 0 spiro atoms. The summed E-state index contributed by atoms with van der Waals surface area (Å²) in [5.41, 5.74) is 1.95. The molecule has 2 N–H and O–H groups in total. The lowest BCUT2D eigenvalue weighted by molar-refractivity contribution is -0.697. The number of pyridine rings is 1. The predicted octanol–water partition coefficient (Wildman–Crippen LogP) is 2.79. The SMILES string of the molecule is CCCCNC(=O)OC(CNC(=O)OCCN(C(=O)c1cc(Br)c[n+](CCC)c1)c1ccccc1)c1ccccc1.[Cl-]. The van der Waals surface area contributed by atoms with Crippen molar-refractivity contribution in [3.05, 3.63) is 94.7 Å². The summed E-state index contributed by atoms with van der Waals surface area (Å²) in [6.45, 7) is 5.54. The Morgan fingerprint density at radius 2 is 1.62 bits per heavy atom. The van der Waals surface area contributed by atoms with Crippen molar-refractivity contribution in [1.82, 2.24) is 10.6 Å². The van der Waals surface area contributed by atoms with Gasteiger partial charge in [-0.1, -0.05) is 68.8 Å². The van der Waals surface area contributed by atoms with Crippen molar-refractivity contribution in [3.63, 3.8) is 0 Å². The second-order valence-corrected chi connectivity index (χ2v) is 10.3. The van der Waals surface area contributed by atoms with Gasteiger partial charge in [0.05, 0.1) is 17.6 Å². The first-order chi connectivity index (χ1) is 19.9. The zero-order valence-corrected chi connectivity index (χ0v) is 26.3. The van der Waals surface area contributed by atoms with Crippen LogP contribution in [0.2, 0.25) is 0 Å². The lowest BCUT2D eigenvalue weighted by atomic mass is 10.1. The molecule has 0 bridgehead atoms. The van der Waals surface area contributed by atoms with Crippen molar-refractivity contribution in [2.24, 2.45) is 0 Å². The summed E-state index contributed by atoms with van der Waals surface area (Å²) in [7, 11) is 0. The molecule has 1 atom stereocenters. The molecule has 3 aromatic rings. The molecule has 1 heterocycles. The molecule has 42 heavy (non-hydrogen) atoms. The molecule has 0 saturated heterocycles. The Kier molecular flexibility index (Phi) is 15.4. The summed E-state index contributed by atoms with van der Waals surface area (Å²) in [5.74, 6) is -0.210. The highest BCUT2D eigenvalue weighted by atomic mass is 79.9. The van der Waals surface area contributed by atoms with Gasteiger partial charge in [-0.05, 0) is 46.1 Å². The summed E-state index contributed by atoms with van der Waals surface area (Å²) in [5, 5.41) is 5.40. The smallest absolute Gasteiger partial charge is 0.407 e. The van der Waals surface area contributed by atoms with E-state index in [2.05, 4.69) is 33.5 Å². The fourth-order valence-corrected chi connectivity index (χ4v) is 4.61. The van der Waals surface area contributed by atoms with Crippen LogP contribution in [0.4, 0.5) is 15.3 Å². The van der Waals surface area contributed by atoms with E-state index in [9.17, 15) is 14.4 Å². The second-order valence-electron chi connectivity index (χ2n) is 9.37. The van der Waals surface area contributed by atoms with E-state index in [0.717, 1.165) is 35.8 Å². The molecule has 11 heteroatoms. The largest absolute Gasteiger partial charge is 1.00 e. The minimum atomic E-state index is -0.695. The summed E-state index contributed by atoms with van der Waals surface area (Å²) in [6, 6.07) is 20.2. The van der Waals surface area contributed by atoms with Gasteiger partial charge in [0.15, 0.2) is 12.4 Å². The zero-order chi connectivity index (χ0) is 29.5. The number of rotatable bonds is 14. The highest BCUT2D eigenvalue weighted by molar-refractivity contribution is 9.10. The van der Waals surface area contributed by atoms with Gasteiger partial charge in [-0.25, -0.2) is 14.2 Å². The van der Waals surface area contributed by atoms with Crippen molar-refractivity contribution < 1.29 is 40.8 Å². The van der Waals surface area contributed by atoms with Crippen LogP contribution in [0.1, 0.15) is 55.1 Å². The monoisotopic (exact) mass is 660 g/mol. The normalized spacial score (nSPS) is 11.0. The van der Waals surface area contributed by atoms with Gasteiger partial charge in [0.2, 0.25) is 0 Å². The molecular formula is C31H38BrClN4O5. The minimum absolute atomic E-state index is 0. The van der Waals surface area contributed by atoms with Crippen molar-refractivity contribution in [2.75, 3.05) is 31.1 Å². The van der Waals surface area contributed by atoms with E-state index in [1.54, 1.807) is 11.0 Å². The summed E-state index contributed by atoms with van der Waals surface area (Å²) in [6.07, 6.45) is 4.56. The Balaban J connectivity index is 0.00000616. The molecule has 1 unspecified atom stereocenters. The highest BCUT2D eigenvalue weighted by Crippen LogP contribution is 2.19. The molecular weight excluding hydrogens is 624 g/mol. The number of alkyl carbamates (subject to hydrolysis) is 2. The number of hydrogen-bond donors (Lipinski definition) is 2. The Hall–Kier alpha value is -3.63. The van der Waals surface area contributed by atoms with Gasteiger partial charge in [-0.15, -0.1) is 0 Å². The van der Waals surface area contributed by atoms with Gasteiger partial charge in [0.25, 0.3) is 5.91 Å². The molecule has 0 radical (unpaired) electrons. The van der Waals surface area contributed by atoms with Crippen LogP contribution in [0.15, 0.2) is 83.6 Å². The third-order valence-electron chi connectivity index (χ3n) is 6.13. The van der Waals surface area contributed by atoms with Crippen LogP contribution in [0.5, 0.6) is 0 Å². The number of nitrogens with zero attached hydrogens (tertiary/aromatic N) is 2. The highest BCUT2D eigenvalue weighted by Gasteiger charge is 2.22. The number of benzene rings is 2. The molecule has 226 valence electrons. The number of anilines is 1. The third-order valence-corrected chi connectivity index (χ3v) is 6.56. The van der Waals surface area contributed by atoms with Crippen LogP contribution in [0.3, 0.4) is 0 Å². The average molecular weight is 662 g/mol. The Bertz CT molecular complexity index is 1270. The zero-order valence-electron chi connectivity index (χ0n) is 23.9. The maximum Gasteiger partial charge on any atom is 0.407 e. The summed E-state index contributed by atoms with van der Waals surface area (Å²) in [4.78, 5) is 40.0. The van der Waals surface area contributed by atoms with Gasteiger partial charge in [-0.2, -0.15) is 0 Å². The molecule has 0 saturated carbocycles. The molecule has 9 nitrogen and oxygen atoms in total. The standard InChI is InChI=1S/C31H37BrN4O5.ClH/c1-3-5-16-33-31(39)41-28(24-12-8-6-9-13-24)21-34-30(38)40-19-18-36(27-14-10-7-11-15-27)29(37)25-20-26(32)23-35(22-25)17-4-2;/h6-15,20,22-23,28H,3-5,16-19,21H2,1-2H3,(H-,33,34,38,39);1H. The quantitative estimate of drug-likeness (QED) is 0.205. The lowest BCUT2D eigenvalue weighted by Crippen LogP contribution is -3.00. The van der Waals surface area contributed by atoms with Gasteiger partial charge in [-0.3, -0.25) is 4.79 Å². The first-order valence-corrected chi connectivity index (χ1v) is 14.7. The van der Waals surface area contributed by atoms with Gasteiger partial charge >= 0.3 is 12.2 Å². The van der Waals surface area contributed by atoms with Crippen LogP contribution >= 0.6 is 15.9 Å². The molecule has 0 aliphatic heterocycles. The maximum atomic E-state index is 13.6. The minimum Gasteiger partial charge on any atom is -1.00 e. The number of hydrogen-bond acceptors (Lipinski definition) is 5. The number of amides is 3. The molecule has 0 aliphatic carbocycles. The fraction of sp³-hybridized carbons (Fsp3) is 0.355. The van der Waals surface area contributed by atoms with E-state index in [0.29, 0.717) is 17.8 Å². The molecule has 1 aromatic heterocycles. The number of aryl methyl sites for hydroxylation is 1.